The monoisotopic (exact) mass is 300 g/mol. The molecule has 2 nitrogen and oxygen atoms in total. The lowest BCUT2D eigenvalue weighted by atomic mass is 9.93. The van der Waals surface area contributed by atoms with Crippen LogP contribution in [-0.2, 0) is 6.42 Å². The molecule has 1 aromatic heterocycles. The molecule has 1 aliphatic heterocycles. The molecule has 0 radical (unpaired) electrons. The molecule has 1 aromatic carbocycles. The van der Waals surface area contributed by atoms with Crippen LogP contribution >= 0.6 is 11.3 Å². The molecule has 0 amide bonds. The van der Waals surface area contributed by atoms with Crippen molar-refractivity contribution in [2.24, 2.45) is 5.73 Å². The summed E-state index contributed by atoms with van der Waals surface area (Å²) in [6.45, 7) is 5.46. The van der Waals surface area contributed by atoms with Gasteiger partial charge in [0, 0.05) is 18.3 Å². The SMILES string of the molecule is CCC(N)C(c1ccsc1)N1CCCc2cc(C)ccc21. The van der Waals surface area contributed by atoms with Crippen LogP contribution in [0.4, 0.5) is 5.69 Å². The van der Waals surface area contributed by atoms with Gasteiger partial charge in [-0.2, -0.15) is 11.3 Å². The summed E-state index contributed by atoms with van der Waals surface area (Å²) in [5.74, 6) is 0. The van der Waals surface area contributed by atoms with E-state index in [9.17, 15) is 0 Å². The van der Waals surface area contributed by atoms with E-state index in [-0.39, 0.29) is 6.04 Å². The molecule has 3 heteroatoms. The minimum Gasteiger partial charge on any atom is -0.363 e. The van der Waals surface area contributed by atoms with E-state index in [0.29, 0.717) is 6.04 Å². The second-order valence-electron chi connectivity index (χ2n) is 6.00. The standard InChI is InChI=1S/C18H24N2S/c1-3-16(19)18(15-8-10-21-12-15)20-9-4-5-14-11-13(2)6-7-17(14)20/h6-8,10-12,16,18H,3-5,9,19H2,1-2H3. The molecule has 2 unspecified atom stereocenters. The Morgan fingerprint density at radius 1 is 1.33 bits per heavy atom. The third-order valence-corrected chi connectivity index (χ3v) is 5.19. The molecule has 2 heterocycles. The zero-order chi connectivity index (χ0) is 14.8. The first-order chi connectivity index (χ1) is 10.2. The van der Waals surface area contributed by atoms with Gasteiger partial charge in [-0.1, -0.05) is 24.6 Å². The molecule has 3 rings (SSSR count). The highest BCUT2D eigenvalue weighted by atomic mass is 32.1. The van der Waals surface area contributed by atoms with Gasteiger partial charge in [-0.05, 0) is 60.2 Å². The summed E-state index contributed by atoms with van der Waals surface area (Å²) in [5, 5.41) is 4.41. The van der Waals surface area contributed by atoms with Crippen molar-refractivity contribution in [1.29, 1.82) is 0 Å². The van der Waals surface area contributed by atoms with Crippen LogP contribution in [0.3, 0.4) is 0 Å². The molecular formula is C18H24N2S. The Kier molecular flexibility index (Phi) is 4.32. The van der Waals surface area contributed by atoms with Crippen LogP contribution < -0.4 is 10.6 Å². The highest BCUT2D eigenvalue weighted by molar-refractivity contribution is 7.08. The number of nitrogens with zero attached hydrogens (tertiary/aromatic N) is 1. The van der Waals surface area contributed by atoms with Gasteiger partial charge in [0.1, 0.15) is 0 Å². The van der Waals surface area contributed by atoms with Crippen LogP contribution in [0.2, 0.25) is 0 Å². The second-order valence-corrected chi connectivity index (χ2v) is 6.78. The van der Waals surface area contributed by atoms with E-state index in [1.54, 1.807) is 11.3 Å². The van der Waals surface area contributed by atoms with Gasteiger partial charge in [-0.3, -0.25) is 0 Å². The van der Waals surface area contributed by atoms with Gasteiger partial charge >= 0.3 is 0 Å². The van der Waals surface area contributed by atoms with E-state index in [1.165, 1.54) is 35.2 Å². The highest BCUT2D eigenvalue weighted by Gasteiger charge is 2.29. The molecule has 2 aromatic rings. The van der Waals surface area contributed by atoms with Crippen molar-refractivity contribution in [1.82, 2.24) is 0 Å². The van der Waals surface area contributed by atoms with Crippen LogP contribution in [0.1, 0.15) is 42.5 Å². The van der Waals surface area contributed by atoms with Gasteiger partial charge in [0.25, 0.3) is 0 Å². The zero-order valence-corrected chi connectivity index (χ0v) is 13.7. The quantitative estimate of drug-likeness (QED) is 0.912. The lowest BCUT2D eigenvalue weighted by molar-refractivity contribution is 0.476. The molecule has 2 N–H and O–H groups in total. The van der Waals surface area contributed by atoms with Crippen LogP contribution in [0.25, 0.3) is 0 Å². The molecule has 2 atom stereocenters. The Labute approximate surface area is 131 Å². The fourth-order valence-corrected chi connectivity index (χ4v) is 4.06. The van der Waals surface area contributed by atoms with Crippen LogP contribution in [0.5, 0.6) is 0 Å². The van der Waals surface area contributed by atoms with Crippen molar-refractivity contribution in [3.8, 4) is 0 Å². The maximum atomic E-state index is 6.49. The van der Waals surface area contributed by atoms with E-state index in [2.05, 4.69) is 53.8 Å². The van der Waals surface area contributed by atoms with Crippen LogP contribution in [-0.4, -0.2) is 12.6 Å². The number of hydrogen-bond acceptors (Lipinski definition) is 3. The number of nitrogens with two attached hydrogens (primary N) is 1. The van der Waals surface area contributed by atoms with Gasteiger partial charge in [0.15, 0.2) is 0 Å². The minimum atomic E-state index is 0.173. The Hall–Kier alpha value is -1.32. The Morgan fingerprint density at radius 2 is 2.19 bits per heavy atom. The first kappa shape index (κ1) is 14.6. The number of rotatable bonds is 4. The van der Waals surface area contributed by atoms with Crippen molar-refractivity contribution in [3.05, 3.63) is 51.7 Å². The van der Waals surface area contributed by atoms with Crippen molar-refractivity contribution < 1.29 is 0 Å². The normalized spacial score (nSPS) is 17.4. The molecule has 0 fully saturated rings. The molecule has 0 bridgehead atoms. The van der Waals surface area contributed by atoms with E-state index < -0.39 is 0 Å². The summed E-state index contributed by atoms with van der Waals surface area (Å²) in [5.41, 5.74) is 12.1. The second kappa shape index (κ2) is 6.20. The van der Waals surface area contributed by atoms with Crippen molar-refractivity contribution in [2.45, 2.75) is 45.2 Å². The van der Waals surface area contributed by atoms with Gasteiger partial charge in [0.05, 0.1) is 6.04 Å². The topological polar surface area (TPSA) is 29.3 Å². The molecule has 112 valence electrons. The van der Waals surface area contributed by atoms with Crippen molar-refractivity contribution in [3.63, 3.8) is 0 Å². The lowest BCUT2D eigenvalue weighted by Gasteiger charge is -2.40. The number of aryl methyl sites for hydroxylation is 2. The number of hydrogen-bond donors (Lipinski definition) is 1. The molecule has 0 aliphatic carbocycles. The zero-order valence-electron chi connectivity index (χ0n) is 12.9. The predicted molar refractivity (Wildman–Crippen MR) is 92.2 cm³/mol. The third-order valence-electron chi connectivity index (χ3n) is 4.49. The van der Waals surface area contributed by atoms with E-state index in [0.717, 1.165) is 13.0 Å². The van der Waals surface area contributed by atoms with Crippen molar-refractivity contribution >= 4 is 17.0 Å². The summed E-state index contributed by atoms with van der Waals surface area (Å²) >= 11 is 1.76. The van der Waals surface area contributed by atoms with Gasteiger partial charge in [0.2, 0.25) is 0 Å². The number of thiophene rings is 1. The van der Waals surface area contributed by atoms with Crippen LogP contribution in [0.15, 0.2) is 35.0 Å². The Morgan fingerprint density at radius 3 is 2.90 bits per heavy atom. The average Bonchev–Trinajstić information content (AvgIpc) is 3.01. The summed E-state index contributed by atoms with van der Waals surface area (Å²) in [6, 6.07) is 9.54. The first-order valence-corrected chi connectivity index (χ1v) is 8.79. The van der Waals surface area contributed by atoms with E-state index in [4.69, 9.17) is 5.73 Å². The molecule has 1 aliphatic rings. The maximum absolute atomic E-state index is 6.49. The third kappa shape index (κ3) is 2.85. The number of anilines is 1. The summed E-state index contributed by atoms with van der Waals surface area (Å²) in [6.07, 6.45) is 3.40. The molecule has 0 saturated carbocycles. The Bertz CT molecular complexity index is 591. The van der Waals surface area contributed by atoms with E-state index >= 15 is 0 Å². The largest absolute Gasteiger partial charge is 0.363 e. The van der Waals surface area contributed by atoms with Gasteiger partial charge in [-0.25, -0.2) is 0 Å². The van der Waals surface area contributed by atoms with Crippen LogP contribution in [0, 0.1) is 6.92 Å². The number of fused-ring (bicyclic) bond motifs is 1. The highest BCUT2D eigenvalue weighted by Crippen LogP contribution is 2.37. The lowest BCUT2D eigenvalue weighted by Crippen LogP contribution is -2.43. The molecule has 0 saturated heterocycles. The van der Waals surface area contributed by atoms with Gasteiger partial charge in [-0.15, -0.1) is 0 Å². The summed E-state index contributed by atoms with van der Waals surface area (Å²) in [4.78, 5) is 2.54. The van der Waals surface area contributed by atoms with Gasteiger partial charge < -0.3 is 10.6 Å². The van der Waals surface area contributed by atoms with Crippen molar-refractivity contribution in [2.75, 3.05) is 11.4 Å². The fraction of sp³-hybridized carbons (Fsp3) is 0.444. The number of benzene rings is 1. The maximum Gasteiger partial charge on any atom is 0.0701 e. The average molecular weight is 300 g/mol. The molecular weight excluding hydrogens is 276 g/mol. The Balaban J connectivity index is 2.02. The van der Waals surface area contributed by atoms with E-state index in [1.807, 2.05) is 0 Å². The summed E-state index contributed by atoms with van der Waals surface area (Å²) in [7, 11) is 0. The smallest absolute Gasteiger partial charge is 0.0701 e. The predicted octanol–water partition coefficient (Wildman–Crippen LogP) is 4.29. The fourth-order valence-electron chi connectivity index (χ4n) is 3.37. The minimum absolute atomic E-state index is 0.173. The first-order valence-electron chi connectivity index (χ1n) is 7.84. The molecule has 0 spiro atoms. The summed E-state index contributed by atoms with van der Waals surface area (Å²) < 4.78 is 0. The molecule has 21 heavy (non-hydrogen) atoms.